The van der Waals surface area contributed by atoms with Crippen LogP contribution in [0.25, 0.3) is 0 Å². The Morgan fingerprint density at radius 1 is 1.53 bits per heavy atom. The van der Waals surface area contributed by atoms with E-state index in [-0.39, 0.29) is 0 Å². The Labute approximate surface area is 116 Å². The van der Waals surface area contributed by atoms with E-state index in [0.717, 1.165) is 0 Å². The van der Waals surface area contributed by atoms with E-state index in [2.05, 4.69) is 26.2 Å². The number of halogens is 2. The smallest absolute Gasteiger partial charge is 0.183 e. The van der Waals surface area contributed by atoms with E-state index in [0.29, 0.717) is 25.9 Å². The maximum Gasteiger partial charge on any atom is 0.183 e. The molecule has 0 radical (unpaired) electrons. The molecule has 1 rings (SSSR count). The van der Waals surface area contributed by atoms with Crippen LogP contribution >= 0.6 is 39.3 Å². The lowest BCUT2D eigenvalue weighted by Crippen LogP contribution is -2.12. The quantitative estimate of drug-likeness (QED) is 0.371. The molecule has 86 valence electrons. The molecular formula is C10H6BrClN4S. The van der Waals surface area contributed by atoms with Gasteiger partial charge in [0.2, 0.25) is 0 Å². The molecule has 7 heteroatoms. The molecule has 0 amide bonds. The maximum absolute atomic E-state index is 8.99. The van der Waals surface area contributed by atoms with Gasteiger partial charge in [0.25, 0.3) is 0 Å². The lowest BCUT2D eigenvalue weighted by molar-refractivity contribution is 1.27. The van der Waals surface area contributed by atoms with Gasteiger partial charge in [-0.05, 0) is 18.4 Å². The third-order valence-electron chi connectivity index (χ3n) is 1.72. The van der Waals surface area contributed by atoms with Crippen LogP contribution in [0.15, 0.2) is 21.6 Å². The number of benzene rings is 1. The fourth-order valence-corrected chi connectivity index (χ4v) is 2.22. The van der Waals surface area contributed by atoms with E-state index in [1.54, 1.807) is 24.6 Å². The Hall–Kier alpha value is -1.21. The summed E-state index contributed by atoms with van der Waals surface area (Å²) in [5, 5.41) is 20.7. The molecule has 0 aliphatic rings. The minimum atomic E-state index is 0.343. The third kappa shape index (κ3) is 3.64. The first-order valence-corrected chi connectivity index (χ1v) is 6.69. The summed E-state index contributed by atoms with van der Waals surface area (Å²) in [6.45, 7) is 0. The highest BCUT2D eigenvalue weighted by atomic mass is 79.9. The summed E-state index contributed by atoms with van der Waals surface area (Å²) in [4.78, 5) is 4.15. The van der Waals surface area contributed by atoms with Crippen molar-refractivity contribution in [2.45, 2.75) is 0 Å². The number of thioether (sulfide) groups is 1. The van der Waals surface area contributed by atoms with E-state index in [1.165, 1.54) is 11.8 Å². The van der Waals surface area contributed by atoms with Crippen LogP contribution < -0.4 is 5.32 Å². The number of nitriles is 2. The Balaban J connectivity index is 3.32. The summed E-state index contributed by atoms with van der Waals surface area (Å²) in [5.41, 5.74) is 0.695. The molecule has 0 atom stereocenters. The van der Waals surface area contributed by atoms with Crippen LogP contribution in [0.2, 0.25) is 5.02 Å². The molecule has 1 N–H and O–H groups in total. The van der Waals surface area contributed by atoms with Crippen molar-refractivity contribution in [3.8, 4) is 12.3 Å². The lowest BCUT2D eigenvalue weighted by atomic mass is 10.2. The van der Waals surface area contributed by atoms with E-state index >= 15 is 0 Å². The molecule has 0 aliphatic heterocycles. The molecule has 4 nitrogen and oxygen atoms in total. The molecule has 0 aliphatic carbocycles. The second-order valence-electron chi connectivity index (χ2n) is 2.75. The van der Waals surface area contributed by atoms with Crippen LogP contribution in [-0.4, -0.2) is 11.4 Å². The first-order valence-electron chi connectivity index (χ1n) is 4.29. The zero-order valence-corrected chi connectivity index (χ0v) is 11.8. The van der Waals surface area contributed by atoms with E-state index in [1.807, 2.05) is 6.07 Å². The van der Waals surface area contributed by atoms with E-state index < -0.39 is 0 Å². The van der Waals surface area contributed by atoms with Crippen molar-refractivity contribution in [2.24, 2.45) is 4.99 Å². The van der Waals surface area contributed by atoms with Crippen LogP contribution in [0.3, 0.4) is 0 Å². The van der Waals surface area contributed by atoms with E-state index in [9.17, 15) is 0 Å². The van der Waals surface area contributed by atoms with Gasteiger partial charge in [-0.15, -0.1) is 0 Å². The van der Waals surface area contributed by atoms with Crippen molar-refractivity contribution in [1.82, 2.24) is 5.32 Å². The second-order valence-corrected chi connectivity index (χ2v) is 4.87. The average Bonchev–Trinajstić information content (AvgIpc) is 2.30. The fraction of sp³-hybridized carbons (Fsp3) is 0.100. The minimum Gasteiger partial charge on any atom is -0.271 e. The van der Waals surface area contributed by atoms with Crippen LogP contribution in [0.4, 0.5) is 5.69 Å². The second kappa shape index (κ2) is 6.51. The SMILES string of the molecule is CSC(=Nc1c(Cl)cc(Br)cc1C#N)NC#N. The Morgan fingerprint density at radius 3 is 2.76 bits per heavy atom. The number of rotatable bonds is 1. The van der Waals surface area contributed by atoms with Crippen molar-refractivity contribution < 1.29 is 0 Å². The molecule has 0 spiro atoms. The Morgan fingerprint density at radius 2 is 2.24 bits per heavy atom. The van der Waals surface area contributed by atoms with Gasteiger partial charge in [-0.25, -0.2) is 4.99 Å². The first kappa shape index (κ1) is 13.9. The van der Waals surface area contributed by atoms with Crippen LogP contribution in [0.5, 0.6) is 0 Å². The van der Waals surface area contributed by atoms with E-state index in [4.69, 9.17) is 22.1 Å². The third-order valence-corrected chi connectivity index (χ3v) is 3.04. The number of hydrogen-bond acceptors (Lipinski definition) is 4. The zero-order valence-electron chi connectivity index (χ0n) is 8.66. The molecule has 0 bridgehead atoms. The van der Waals surface area contributed by atoms with Crippen molar-refractivity contribution in [3.63, 3.8) is 0 Å². The Kier molecular flexibility index (Phi) is 5.30. The normalized spacial score (nSPS) is 10.5. The lowest BCUT2D eigenvalue weighted by Gasteiger charge is -2.04. The number of nitrogens with zero attached hydrogens (tertiary/aromatic N) is 3. The minimum absolute atomic E-state index is 0.343. The number of hydrogen-bond donors (Lipinski definition) is 1. The van der Waals surface area contributed by atoms with Crippen LogP contribution in [0, 0.1) is 22.8 Å². The number of nitrogens with one attached hydrogen (secondary N) is 1. The molecule has 17 heavy (non-hydrogen) atoms. The maximum atomic E-state index is 8.99. The van der Waals surface area contributed by atoms with Crippen molar-refractivity contribution in [1.29, 1.82) is 10.5 Å². The van der Waals surface area contributed by atoms with Gasteiger partial charge in [0.05, 0.1) is 10.6 Å². The van der Waals surface area contributed by atoms with Crippen molar-refractivity contribution in [3.05, 3.63) is 27.2 Å². The van der Waals surface area contributed by atoms with Gasteiger partial charge < -0.3 is 0 Å². The molecule has 0 aromatic heterocycles. The summed E-state index contributed by atoms with van der Waals surface area (Å²) in [5.74, 6) is 0. The summed E-state index contributed by atoms with van der Waals surface area (Å²) < 4.78 is 0.706. The molecule has 0 fully saturated rings. The topological polar surface area (TPSA) is 72.0 Å². The van der Waals surface area contributed by atoms with Gasteiger partial charge in [-0.3, -0.25) is 5.32 Å². The molecule has 0 unspecified atom stereocenters. The largest absolute Gasteiger partial charge is 0.271 e. The first-order chi connectivity index (χ1) is 8.12. The average molecular weight is 330 g/mol. The molecule has 1 aromatic rings. The van der Waals surface area contributed by atoms with Crippen LogP contribution in [0.1, 0.15) is 5.56 Å². The summed E-state index contributed by atoms with van der Waals surface area (Å²) in [6, 6.07) is 5.27. The monoisotopic (exact) mass is 328 g/mol. The number of aliphatic imine (C=N–C) groups is 1. The molecule has 1 aromatic carbocycles. The molecule has 0 saturated carbocycles. The Bertz CT molecular complexity index is 544. The van der Waals surface area contributed by atoms with Gasteiger partial charge in [0.15, 0.2) is 11.4 Å². The zero-order chi connectivity index (χ0) is 12.8. The fourth-order valence-electron chi connectivity index (χ4n) is 1.04. The predicted octanol–water partition coefficient (Wildman–Crippen LogP) is 3.40. The van der Waals surface area contributed by atoms with Gasteiger partial charge in [0.1, 0.15) is 11.8 Å². The van der Waals surface area contributed by atoms with Crippen molar-refractivity contribution >= 4 is 50.1 Å². The highest BCUT2D eigenvalue weighted by molar-refractivity contribution is 9.10. The van der Waals surface area contributed by atoms with Gasteiger partial charge in [-0.1, -0.05) is 39.3 Å². The van der Waals surface area contributed by atoms with Gasteiger partial charge in [-0.2, -0.15) is 10.5 Å². The summed E-state index contributed by atoms with van der Waals surface area (Å²) in [7, 11) is 0. The summed E-state index contributed by atoms with van der Waals surface area (Å²) in [6.07, 6.45) is 3.54. The van der Waals surface area contributed by atoms with Gasteiger partial charge >= 0.3 is 0 Å². The number of amidine groups is 1. The van der Waals surface area contributed by atoms with Crippen molar-refractivity contribution in [2.75, 3.05) is 6.26 Å². The summed E-state index contributed by atoms with van der Waals surface area (Å²) >= 11 is 10.5. The molecular weight excluding hydrogens is 324 g/mol. The highest BCUT2D eigenvalue weighted by Crippen LogP contribution is 2.32. The predicted molar refractivity (Wildman–Crippen MR) is 73.2 cm³/mol. The van der Waals surface area contributed by atoms with Gasteiger partial charge in [0, 0.05) is 4.47 Å². The molecule has 0 heterocycles. The highest BCUT2D eigenvalue weighted by Gasteiger charge is 2.09. The molecule has 0 saturated heterocycles. The van der Waals surface area contributed by atoms with Crippen LogP contribution in [-0.2, 0) is 0 Å². The standard InChI is InChI=1S/C10H6BrClN4S/c1-17-10(15-5-14)16-9-6(4-13)2-7(11)3-8(9)12/h2-3H,1H3,(H,15,16).